The minimum Gasteiger partial charge on any atom is -0.396 e. The van der Waals surface area contributed by atoms with Crippen molar-refractivity contribution >= 4 is 29.5 Å². The molecule has 3 amide bonds. The van der Waals surface area contributed by atoms with Crippen molar-refractivity contribution in [1.29, 1.82) is 0 Å². The first-order chi connectivity index (χ1) is 14.6. The smallest absolute Gasteiger partial charge is 0.247 e. The Morgan fingerprint density at radius 2 is 1.84 bits per heavy atom. The van der Waals surface area contributed by atoms with Gasteiger partial charge < -0.3 is 19.8 Å². The quantitative estimate of drug-likeness (QED) is 0.519. The van der Waals surface area contributed by atoms with Crippen molar-refractivity contribution in [2.75, 3.05) is 33.3 Å². The number of carbonyl (C=O) groups is 3. The van der Waals surface area contributed by atoms with Crippen LogP contribution in [0.2, 0.25) is 0 Å². The van der Waals surface area contributed by atoms with E-state index >= 15 is 0 Å². The minimum absolute atomic E-state index is 0.0218. The van der Waals surface area contributed by atoms with Crippen molar-refractivity contribution in [2.24, 2.45) is 11.8 Å². The van der Waals surface area contributed by atoms with E-state index in [1.807, 2.05) is 37.8 Å². The van der Waals surface area contributed by atoms with Crippen molar-refractivity contribution in [2.45, 2.75) is 55.2 Å². The first-order valence-corrected chi connectivity index (χ1v) is 12.0. The average Bonchev–Trinajstić information content (AvgIpc) is 3.00. The van der Waals surface area contributed by atoms with Crippen LogP contribution in [0.1, 0.15) is 33.6 Å². The average molecular weight is 448 g/mol. The Labute approximate surface area is 188 Å². The van der Waals surface area contributed by atoms with Crippen molar-refractivity contribution in [3.63, 3.8) is 0 Å². The summed E-state index contributed by atoms with van der Waals surface area (Å²) in [5.41, 5.74) is -0.381. The van der Waals surface area contributed by atoms with E-state index in [0.717, 1.165) is 0 Å². The zero-order valence-electron chi connectivity index (χ0n) is 18.8. The van der Waals surface area contributed by atoms with Crippen molar-refractivity contribution in [3.8, 4) is 0 Å². The van der Waals surface area contributed by atoms with Gasteiger partial charge in [0.2, 0.25) is 17.7 Å². The Morgan fingerprint density at radius 1 is 1.10 bits per heavy atom. The molecule has 1 N–H and O–H groups in total. The number of unbranched alkanes of at least 4 members (excludes halogenated alkanes) is 1. The van der Waals surface area contributed by atoms with E-state index in [1.165, 1.54) is 0 Å². The fourth-order valence-electron chi connectivity index (χ4n) is 5.50. The van der Waals surface area contributed by atoms with Gasteiger partial charge in [-0.2, -0.15) is 0 Å². The van der Waals surface area contributed by atoms with Gasteiger partial charge in [-0.05, 0) is 33.6 Å². The third-order valence-corrected chi connectivity index (χ3v) is 8.72. The van der Waals surface area contributed by atoms with Crippen molar-refractivity contribution in [3.05, 3.63) is 24.3 Å². The topological polar surface area (TPSA) is 81.2 Å². The number of likely N-dealkylation sites (N-methyl/N-ethyl adjacent to an activating group) is 1. The summed E-state index contributed by atoms with van der Waals surface area (Å²) in [6.07, 6.45) is 9.31. The Balaban J connectivity index is 1.81. The predicted molar refractivity (Wildman–Crippen MR) is 120 cm³/mol. The molecule has 4 aliphatic heterocycles. The molecule has 2 saturated heterocycles. The molecule has 8 heteroatoms. The molecule has 0 aromatic carbocycles. The molecule has 0 aromatic rings. The van der Waals surface area contributed by atoms with Gasteiger partial charge >= 0.3 is 0 Å². The lowest BCUT2D eigenvalue weighted by molar-refractivity contribution is -0.146. The molecule has 0 bridgehead atoms. The number of hydrogen-bond donors (Lipinski definition) is 1. The second-order valence-corrected chi connectivity index (χ2v) is 11.5. The lowest BCUT2D eigenvalue weighted by atomic mass is 9.78. The fourth-order valence-corrected chi connectivity index (χ4v) is 7.51. The number of hydrogen-bond acceptors (Lipinski definition) is 5. The highest BCUT2D eigenvalue weighted by Gasteiger charge is 2.71. The first-order valence-electron chi connectivity index (χ1n) is 11.1. The maximum atomic E-state index is 13.9. The Hall–Kier alpha value is -1.80. The second-order valence-electron chi connectivity index (χ2n) is 9.97. The highest BCUT2D eigenvalue weighted by molar-refractivity contribution is 8.02. The predicted octanol–water partition coefficient (Wildman–Crippen LogP) is 1.28. The zero-order chi connectivity index (χ0) is 22.6. The molecule has 7 nitrogen and oxygen atoms in total. The number of thioether (sulfide) groups is 1. The van der Waals surface area contributed by atoms with Gasteiger partial charge in [0.05, 0.1) is 16.6 Å². The van der Waals surface area contributed by atoms with Crippen molar-refractivity contribution < 1.29 is 19.5 Å². The molecular formula is C23H33N3O4S. The normalized spacial score (nSPS) is 35.3. The van der Waals surface area contributed by atoms with Gasteiger partial charge in [0.15, 0.2) is 0 Å². The first kappa shape index (κ1) is 22.4. The van der Waals surface area contributed by atoms with Crippen LogP contribution in [0.5, 0.6) is 0 Å². The Kier molecular flexibility index (Phi) is 5.75. The van der Waals surface area contributed by atoms with Crippen LogP contribution in [-0.2, 0) is 14.4 Å². The second kappa shape index (κ2) is 7.96. The van der Waals surface area contributed by atoms with Crippen molar-refractivity contribution in [1.82, 2.24) is 14.7 Å². The van der Waals surface area contributed by atoms with Crippen LogP contribution in [0.4, 0.5) is 0 Å². The number of aliphatic hydroxyl groups is 1. The standard InChI is InChI=1S/C23H33N3O4S/c1-22(2,3)26-13-8-10-23-17(16-15(31-23)9-7-11-24(4)19(16)28)20(29)25(12-5-6-14-27)18(23)21(26)30/h7-10,15-18,27H,5-6,11-14H2,1-4H3/t15-,16+,17+,18?,23+/m1/s1. The highest BCUT2D eigenvalue weighted by atomic mass is 32.2. The molecule has 31 heavy (non-hydrogen) atoms. The highest BCUT2D eigenvalue weighted by Crippen LogP contribution is 2.61. The molecule has 0 aliphatic carbocycles. The molecule has 4 rings (SSSR count). The van der Waals surface area contributed by atoms with E-state index in [9.17, 15) is 19.5 Å². The Bertz CT molecular complexity index is 835. The number of likely N-dealkylation sites (tertiary alicyclic amines) is 1. The lowest BCUT2D eigenvalue weighted by Crippen LogP contribution is -2.57. The maximum Gasteiger partial charge on any atom is 0.247 e. The van der Waals surface area contributed by atoms with Gasteiger partial charge in [0.25, 0.3) is 0 Å². The minimum atomic E-state index is -0.749. The largest absolute Gasteiger partial charge is 0.396 e. The van der Waals surface area contributed by atoms with Crippen LogP contribution in [0.15, 0.2) is 24.3 Å². The monoisotopic (exact) mass is 447 g/mol. The summed E-state index contributed by atoms with van der Waals surface area (Å²) >= 11 is 1.61. The summed E-state index contributed by atoms with van der Waals surface area (Å²) in [4.78, 5) is 46.3. The molecule has 1 unspecified atom stereocenters. The van der Waals surface area contributed by atoms with Gasteiger partial charge in [-0.1, -0.05) is 24.3 Å². The molecule has 1 spiro atoms. The van der Waals surface area contributed by atoms with E-state index in [-0.39, 0.29) is 35.1 Å². The summed E-state index contributed by atoms with van der Waals surface area (Å²) in [5.74, 6) is -1.20. The van der Waals surface area contributed by atoms with E-state index in [2.05, 4.69) is 12.2 Å². The van der Waals surface area contributed by atoms with Gasteiger partial charge in [-0.15, -0.1) is 11.8 Å². The fraction of sp³-hybridized carbons (Fsp3) is 0.696. The van der Waals surface area contributed by atoms with E-state index in [0.29, 0.717) is 32.5 Å². The van der Waals surface area contributed by atoms with Crippen LogP contribution in [0.25, 0.3) is 0 Å². The summed E-state index contributed by atoms with van der Waals surface area (Å²) in [5, 5.41) is 9.12. The molecule has 4 aliphatic rings. The summed E-state index contributed by atoms with van der Waals surface area (Å²) in [6.45, 7) is 7.52. The molecule has 5 atom stereocenters. The number of rotatable bonds is 4. The zero-order valence-corrected chi connectivity index (χ0v) is 19.6. The van der Waals surface area contributed by atoms with Gasteiger partial charge in [-0.25, -0.2) is 0 Å². The van der Waals surface area contributed by atoms with Crippen LogP contribution in [0, 0.1) is 11.8 Å². The molecule has 0 aromatic heterocycles. The van der Waals surface area contributed by atoms with E-state index in [1.54, 1.807) is 28.6 Å². The molecule has 0 saturated carbocycles. The lowest BCUT2D eigenvalue weighted by Gasteiger charge is -2.40. The molecule has 4 heterocycles. The van der Waals surface area contributed by atoms with Gasteiger partial charge in [0.1, 0.15) is 6.04 Å². The Morgan fingerprint density at radius 3 is 2.52 bits per heavy atom. The molecule has 170 valence electrons. The SMILES string of the molecule is CN1CC=C[C@H]2S[C@]34C=CCN(C(C)(C)C)C(=O)C3N(CCCCO)C(=O)[C@@H]4[C@H]2C1=O. The van der Waals surface area contributed by atoms with Gasteiger partial charge in [0, 0.05) is 44.1 Å². The number of carbonyl (C=O) groups excluding carboxylic acids is 3. The summed E-state index contributed by atoms with van der Waals surface area (Å²) < 4.78 is -0.749. The number of nitrogens with zero attached hydrogens (tertiary/aromatic N) is 3. The third kappa shape index (κ3) is 3.42. The number of aliphatic hydroxyl groups excluding tert-OH is 1. The van der Waals surface area contributed by atoms with E-state index in [4.69, 9.17) is 0 Å². The molecule has 0 radical (unpaired) electrons. The number of amides is 3. The third-order valence-electron chi connectivity index (χ3n) is 6.98. The van der Waals surface area contributed by atoms with Crippen LogP contribution >= 0.6 is 11.8 Å². The summed E-state index contributed by atoms with van der Waals surface area (Å²) in [7, 11) is 1.77. The van der Waals surface area contributed by atoms with Crippen LogP contribution < -0.4 is 0 Å². The summed E-state index contributed by atoms with van der Waals surface area (Å²) in [6, 6.07) is -0.634. The maximum absolute atomic E-state index is 13.9. The van der Waals surface area contributed by atoms with Gasteiger partial charge in [-0.3, -0.25) is 14.4 Å². The number of fused-ring (bicyclic) bond motifs is 2. The molecule has 2 fully saturated rings. The van der Waals surface area contributed by atoms with Crippen LogP contribution in [-0.4, -0.2) is 92.4 Å². The molecular weight excluding hydrogens is 414 g/mol. The van der Waals surface area contributed by atoms with E-state index < -0.39 is 22.6 Å². The van der Waals surface area contributed by atoms with Crippen LogP contribution in [0.3, 0.4) is 0 Å².